The monoisotopic (exact) mass is 299 g/mol. The van der Waals surface area contributed by atoms with Crippen molar-refractivity contribution in [2.24, 2.45) is 5.92 Å². The molecule has 6 heteroatoms. The van der Waals surface area contributed by atoms with Crippen molar-refractivity contribution >= 4 is 17.6 Å². The van der Waals surface area contributed by atoms with Gasteiger partial charge in [-0.25, -0.2) is 4.98 Å². The molecular formula is C16H17N3O3. The number of carbonyl (C=O) groups excluding carboxylic acids is 2. The lowest BCUT2D eigenvalue weighted by molar-refractivity contribution is -0.128. The number of aryl methyl sites for hydroxylation is 1. The van der Waals surface area contributed by atoms with E-state index in [9.17, 15) is 9.59 Å². The summed E-state index contributed by atoms with van der Waals surface area (Å²) < 4.78 is 5.25. The molecule has 0 aromatic carbocycles. The molecule has 1 saturated heterocycles. The van der Waals surface area contributed by atoms with Gasteiger partial charge in [-0.05, 0) is 30.7 Å². The average molecular weight is 299 g/mol. The molecule has 3 rings (SSSR count). The molecule has 2 amide bonds. The van der Waals surface area contributed by atoms with E-state index in [0.717, 1.165) is 11.3 Å². The third-order valence-corrected chi connectivity index (χ3v) is 3.76. The van der Waals surface area contributed by atoms with Gasteiger partial charge in [-0.1, -0.05) is 6.07 Å². The Morgan fingerprint density at radius 3 is 3.05 bits per heavy atom. The Hall–Kier alpha value is -2.63. The molecule has 0 radical (unpaired) electrons. The van der Waals surface area contributed by atoms with Gasteiger partial charge in [-0.3, -0.25) is 9.59 Å². The normalized spacial score (nSPS) is 17.8. The van der Waals surface area contributed by atoms with E-state index in [2.05, 4.69) is 10.3 Å². The lowest BCUT2D eigenvalue weighted by Gasteiger charge is -2.15. The largest absolute Gasteiger partial charge is 0.467 e. The third-order valence-electron chi connectivity index (χ3n) is 3.76. The number of carbonyl (C=O) groups is 2. The molecule has 6 nitrogen and oxygen atoms in total. The lowest BCUT2D eigenvalue weighted by Crippen LogP contribution is -2.28. The van der Waals surface area contributed by atoms with Crippen LogP contribution in [0.4, 0.5) is 5.82 Å². The highest BCUT2D eigenvalue weighted by molar-refractivity contribution is 5.96. The number of anilines is 1. The number of nitrogens with one attached hydrogen (secondary N) is 1. The zero-order chi connectivity index (χ0) is 15.5. The van der Waals surface area contributed by atoms with Crippen LogP contribution < -0.4 is 5.32 Å². The van der Waals surface area contributed by atoms with Crippen LogP contribution in [-0.4, -0.2) is 28.2 Å². The molecule has 0 spiro atoms. The summed E-state index contributed by atoms with van der Waals surface area (Å²) in [5.74, 6) is 0.703. The predicted molar refractivity (Wildman–Crippen MR) is 79.8 cm³/mol. The zero-order valence-electron chi connectivity index (χ0n) is 12.3. The second-order valence-corrected chi connectivity index (χ2v) is 5.41. The summed E-state index contributed by atoms with van der Waals surface area (Å²) >= 11 is 0. The third kappa shape index (κ3) is 3.00. The van der Waals surface area contributed by atoms with Crippen molar-refractivity contribution in [3.05, 3.63) is 48.0 Å². The molecule has 1 N–H and O–H groups in total. The molecule has 1 aliphatic heterocycles. The summed E-state index contributed by atoms with van der Waals surface area (Å²) in [6.45, 7) is 2.68. The van der Waals surface area contributed by atoms with Gasteiger partial charge in [-0.15, -0.1) is 0 Å². The van der Waals surface area contributed by atoms with Crippen LogP contribution in [0.15, 0.2) is 41.1 Å². The first-order valence-corrected chi connectivity index (χ1v) is 7.16. The fourth-order valence-electron chi connectivity index (χ4n) is 2.53. The van der Waals surface area contributed by atoms with Crippen molar-refractivity contribution in [1.82, 2.24) is 9.88 Å². The predicted octanol–water partition coefficient (Wildman–Crippen LogP) is 1.97. The Morgan fingerprint density at radius 1 is 1.45 bits per heavy atom. The van der Waals surface area contributed by atoms with Crippen molar-refractivity contribution in [3.8, 4) is 0 Å². The highest BCUT2D eigenvalue weighted by atomic mass is 16.3. The smallest absolute Gasteiger partial charge is 0.230 e. The highest BCUT2D eigenvalue weighted by Crippen LogP contribution is 2.22. The molecule has 2 aromatic rings. The van der Waals surface area contributed by atoms with E-state index >= 15 is 0 Å². The Bertz CT molecular complexity index is 682. The molecule has 1 atom stereocenters. The van der Waals surface area contributed by atoms with Gasteiger partial charge >= 0.3 is 0 Å². The van der Waals surface area contributed by atoms with Crippen molar-refractivity contribution < 1.29 is 14.0 Å². The van der Waals surface area contributed by atoms with E-state index in [0.29, 0.717) is 18.9 Å². The van der Waals surface area contributed by atoms with E-state index in [1.54, 1.807) is 23.4 Å². The molecule has 22 heavy (non-hydrogen) atoms. The van der Waals surface area contributed by atoms with Gasteiger partial charge in [0.1, 0.15) is 11.6 Å². The topological polar surface area (TPSA) is 75.4 Å². The molecule has 3 heterocycles. The van der Waals surface area contributed by atoms with E-state index in [-0.39, 0.29) is 24.2 Å². The Morgan fingerprint density at radius 2 is 2.32 bits per heavy atom. The number of amides is 2. The highest BCUT2D eigenvalue weighted by Gasteiger charge is 2.34. The van der Waals surface area contributed by atoms with Crippen molar-refractivity contribution in [3.63, 3.8) is 0 Å². The second-order valence-electron chi connectivity index (χ2n) is 5.41. The van der Waals surface area contributed by atoms with Crippen LogP contribution in [0.3, 0.4) is 0 Å². The lowest BCUT2D eigenvalue weighted by atomic mass is 10.1. The van der Waals surface area contributed by atoms with Crippen molar-refractivity contribution in [2.75, 3.05) is 11.9 Å². The number of likely N-dealkylation sites (tertiary alicyclic amines) is 1. The summed E-state index contributed by atoms with van der Waals surface area (Å²) in [5.41, 5.74) is 0.896. The fraction of sp³-hybridized carbons (Fsp3) is 0.312. The van der Waals surface area contributed by atoms with Gasteiger partial charge in [-0.2, -0.15) is 0 Å². The molecule has 1 fully saturated rings. The van der Waals surface area contributed by atoms with Crippen molar-refractivity contribution in [1.29, 1.82) is 0 Å². The summed E-state index contributed by atoms with van der Waals surface area (Å²) in [7, 11) is 0. The van der Waals surface area contributed by atoms with E-state index < -0.39 is 0 Å². The SMILES string of the molecule is Cc1cccnc1NC(=O)C1CC(=O)N(Cc2ccco2)C1. The maximum Gasteiger partial charge on any atom is 0.230 e. The van der Waals surface area contributed by atoms with Crippen LogP contribution in [-0.2, 0) is 16.1 Å². The number of furan rings is 1. The minimum Gasteiger partial charge on any atom is -0.467 e. The summed E-state index contributed by atoms with van der Waals surface area (Å²) in [4.78, 5) is 30.1. The van der Waals surface area contributed by atoms with Crippen molar-refractivity contribution in [2.45, 2.75) is 19.9 Å². The molecule has 0 bridgehead atoms. The van der Waals surface area contributed by atoms with Crippen LogP contribution in [0, 0.1) is 12.8 Å². The second kappa shape index (κ2) is 6.01. The quantitative estimate of drug-likeness (QED) is 0.936. The van der Waals surface area contributed by atoms with Crippen LogP contribution in [0.25, 0.3) is 0 Å². The summed E-state index contributed by atoms with van der Waals surface area (Å²) in [6, 6.07) is 7.29. The molecule has 114 valence electrons. The number of nitrogens with zero attached hydrogens (tertiary/aromatic N) is 2. The number of hydrogen-bond acceptors (Lipinski definition) is 4. The van der Waals surface area contributed by atoms with E-state index in [1.165, 1.54) is 0 Å². The molecular weight excluding hydrogens is 282 g/mol. The van der Waals surface area contributed by atoms with Crippen LogP contribution in [0.1, 0.15) is 17.7 Å². The van der Waals surface area contributed by atoms with Crippen LogP contribution in [0.5, 0.6) is 0 Å². The van der Waals surface area contributed by atoms with Gasteiger partial charge in [0.05, 0.1) is 18.7 Å². The van der Waals surface area contributed by atoms with E-state index in [1.807, 2.05) is 25.1 Å². The number of pyridine rings is 1. The van der Waals surface area contributed by atoms with Gasteiger partial charge < -0.3 is 14.6 Å². The Balaban J connectivity index is 1.62. The number of rotatable bonds is 4. The maximum absolute atomic E-state index is 12.3. The van der Waals surface area contributed by atoms with Gasteiger partial charge in [0, 0.05) is 19.2 Å². The maximum atomic E-state index is 12.3. The average Bonchev–Trinajstić information content (AvgIpc) is 3.13. The zero-order valence-corrected chi connectivity index (χ0v) is 12.3. The standard InChI is InChI=1S/C16H17N3O3/c1-11-4-2-6-17-15(11)18-16(21)12-8-14(20)19(9-12)10-13-5-3-7-22-13/h2-7,12H,8-10H2,1H3,(H,17,18,21). The van der Waals surface area contributed by atoms with Crippen LogP contribution >= 0.6 is 0 Å². The minimum absolute atomic E-state index is 0.0331. The van der Waals surface area contributed by atoms with Crippen LogP contribution in [0.2, 0.25) is 0 Å². The summed E-state index contributed by atoms with van der Waals surface area (Å²) in [6.07, 6.45) is 3.42. The Labute approximate surface area is 128 Å². The first kappa shape index (κ1) is 14.3. The first-order valence-electron chi connectivity index (χ1n) is 7.16. The summed E-state index contributed by atoms with van der Waals surface area (Å²) in [5, 5.41) is 2.80. The molecule has 1 unspecified atom stereocenters. The van der Waals surface area contributed by atoms with Gasteiger partial charge in [0.25, 0.3) is 0 Å². The fourth-order valence-corrected chi connectivity index (χ4v) is 2.53. The Kier molecular flexibility index (Phi) is 3.91. The first-order chi connectivity index (χ1) is 10.6. The van der Waals surface area contributed by atoms with Gasteiger partial charge in [0.15, 0.2) is 0 Å². The van der Waals surface area contributed by atoms with E-state index in [4.69, 9.17) is 4.42 Å². The minimum atomic E-state index is -0.358. The number of aromatic nitrogens is 1. The molecule has 2 aromatic heterocycles. The molecule has 1 aliphatic rings. The van der Waals surface area contributed by atoms with Gasteiger partial charge in [0.2, 0.25) is 11.8 Å². The molecule has 0 aliphatic carbocycles. The number of hydrogen-bond donors (Lipinski definition) is 1. The molecule has 0 saturated carbocycles.